The van der Waals surface area contributed by atoms with Crippen molar-refractivity contribution >= 4 is 10.8 Å². The predicted molar refractivity (Wildman–Crippen MR) is 69.4 cm³/mol. The number of rotatable bonds is 1. The van der Waals surface area contributed by atoms with Gasteiger partial charge in [0.1, 0.15) is 0 Å². The van der Waals surface area contributed by atoms with Crippen molar-refractivity contribution in [2.45, 2.75) is 34.1 Å². The lowest BCUT2D eigenvalue weighted by Crippen LogP contribution is -1.80. The molecule has 0 fully saturated rings. The molecule has 0 aromatic heterocycles. The van der Waals surface area contributed by atoms with Crippen LogP contribution in [0.1, 0.15) is 31.9 Å². The van der Waals surface area contributed by atoms with Gasteiger partial charge in [-0.15, -0.1) is 0 Å². The number of hydrogen-bond donors (Lipinski definition) is 0. The largest absolute Gasteiger partial charge is 0.0683 e. The summed E-state index contributed by atoms with van der Waals surface area (Å²) in [7, 11) is 0. The average Bonchev–Trinajstić information content (AvgIpc) is 2.31. The van der Waals surface area contributed by atoms with Gasteiger partial charge in [0.25, 0.3) is 0 Å². The Balaban J connectivity index is 0.000000531. The second-order valence-electron chi connectivity index (χ2n) is 3.54. The average molecular weight is 200 g/mol. The summed E-state index contributed by atoms with van der Waals surface area (Å²) in [5, 5.41) is 2.70. The highest BCUT2D eigenvalue weighted by Gasteiger charge is 1.94. The van der Waals surface area contributed by atoms with Gasteiger partial charge in [-0.3, -0.25) is 0 Å². The number of hydrogen-bond acceptors (Lipinski definition) is 0. The normalized spacial score (nSPS) is 9.60. The number of benzene rings is 2. The van der Waals surface area contributed by atoms with E-state index in [0.717, 1.165) is 6.42 Å². The molecule has 0 aliphatic carbocycles. The van der Waals surface area contributed by atoms with Crippen LogP contribution in [-0.4, -0.2) is 0 Å². The topological polar surface area (TPSA) is 0 Å². The smallest absolute Gasteiger partial charge is 0.0181 e. The van der Waals surface area contributed by atoms with E-state index in [1.165, 1.54) is 21.9 Å². The molecule has 2 rings (SSSR count). The first-order chi connectivity index (χ1) is 7.29. The highest BCUT2D eigenvalue weighted by atomic mass is 14.0. The molecule has 0 spiro atoms. The molecule has 0 saturated heterocycles. The lowest BCUT2D eigenvalue weighted by Gasteiger charge is -2.01. The van der Waals surface area contributed by atoms with Crippen molar-refractivity contribution in [2.75, 3.05) is 0 Å². The van der Waals surface area contributed by atoms with E-state index in [9.17, 15) is 0 Å². The molecule has 0 unspecified atom stereocenters. The Kier molecular flexibility index (Phi) is 4.36. The Hall–Kier alpha value is -1.30. The van der Waals surface area contributed by atoms with Gasteiger partial charge < -0.3 is 0 Å². The summed E-state index contributed by atoms with van der Waals surface area (Å²) in [6.07, 6.45) is 1.11. The molecule has 0 atom stereocenters. The summed E-state index contributed by atoms with van der Waals surface area (Å²) in [5.41, 5.74) is 2.74. The molecule has 15 heavy (non-hydrogen) atoms. The lowest BCUT2D eigenvalue weighted by molar-refractivity contribution is 1.15. The molecule has 0 radical (unpaired) electrons. The van der Waals surface area contributed by atoms with E-state index in [4.69, 9.17) is 0 Å². The molecule has 0 heteroatoms. The molecule has 80 valence electrons. The Morgan fingerprint density at radius 1 is 0.867 bits per heavy atom. The van der Waals surface area contributed by atoms with Crippen LogP contribution >= 0.6 is 0 Å². The van der Waals surface area contributed by atoms with Crippen molar-refractivity contribution in [2.24, 2.45) is 0 Å². The van der Waals surface area contributed by atoms with E-state index >= 15 is 0 Å². The van der Waals surface area contributed by atoms with Gasteiger partial charge in [-0.1, -0.05) is 62.7 Å². The van der Waals surface area contributed by atoms with Crippen molar-refractivity contribution in [3.63, 3.8) is 0 Å². The Bertz CT molecular complexity index is 427. The molecule has 0 saturated carbocycles. The fourth-order valence-corrected chi connectivity index (χ4v) is 1.63. The first-order valence-corrected chi connectivity index (χ1v) is 5.79. The van der Waals surface area contributed by atoms with Gasteiger partial charge in [0.2, 0.25) is 0 Å². The summed E-state index contributed by atoms with van der Waals surface area (Å²) < 4.78 is 0. The second kappa shape index (κ2) is 5.55. The molecule has 2 aromatic carbocycles. The van der Waals surface area contributed by atoms with Gasteiger partial charge in [-0.05, 0) is 29.7 Å². The van der Waals surface area contributed by atoms with Crippen LogP contribution < -0.4 is 0 Å². The highest BCUT2D eigenvalue weighted by Crippen LogP contribution is 2.17. The van der Waals surface area contributed by atoms with E-state index in [1.807, 2.05) is 13.8 Å². The Morgan fingerprint density at radius 3 is 2.13 bits per heavy atom. The minimum atomic E-state index is 1.11. The number of aryl methyl sites for hydroxylation is 2. The third-order valence-corrected chi connectivity index (χ3v) is 2.47. The first kappa shape index (κ1) is 11.8. The first-order valence-electron chi connectivity index (χ1n) is 5.79. The van der Waals surface area contributed by atoms with Crippen molar-refractivity contribution in [3.05, 3.63) is 47.5 Å². The molecule has 0 nitrogen and oxygen atoms in total. The summed E-state index contributed by atoms with van der Waals surface area (Å²) in [4.78, 5) is 0. The van der Waals surface area contributed by atoms with Crippen LogP contribution in [0.4, 0.5) is 0 Å². The van der Waals surface area contributed by atoms with E-state index in [-0.39, 0.29) is 0 Å². The zero-order valence-corrected chi connectivity index (χ0v) is 10.2. The molecule has 2 aromatic rings. The van der Waals surface area contributed by atoms with Gasteiger partial charge in [0.15, 0.2) is 0 Å². The summed E-state index contributed by atoms with van der Waals surface area (Å²) in [6.45, 7) is 8.32. The van der Waals surface area contributed by atoms with Crippen LogP contribution in [-0.2, 0) is 6.42 Å². The van der Waals surface area contributed by atoms with Crippen LogP contribution in [0.3, 0.4) is 0 Å². The third kappa shape index (κ3) is 2.82. The molecule has 0 heterocycles. The van der Waals surface area contributed by atoms with Gasteiger partial charge in [-0.2, -0.15) is 0 Å². The van der Waals surface area contributed by atoms with Gasteiger partial charge in [-0.25, -0.2) is 0 Å². The molecular formula is C15H20. The highest BCUT2D eigenvalue weighted by molar-refractivity contribution is 5.83. The SMILES string of the molecule is CC.CCc1ccc2cc(C)ccc2c1. The maximum absolute atomic E-state index is 2.27. The fourth-order valence-electron chi connectivity index (χ4n) is 1.63. The third-order valence-electron chi connectivity index (χ3n) is 2.47. The monoisotopic (exact) mass is 200 g/mol. The molecule has 0 amide bonds. The molecule has 0 aliphatic rings. The van der Waals surface area contributed by atoms with Crippen LogP contribution in [0.5, 0.6) is 0 Å². The van der Waals surface area contributed by atoms with E-state index in [2.05, 4.69) is 50.2 Å². The van der Waals surface area contributed by atoms with E-state index in [1.54, 1.807) is 0 Å². The molecule has 0 bridgehead atoms. The minimum absolute atomic E-state index is 1.11. The molecule has 0 aliphatic heterocycles. The summed E-state index contributed by atoms with van der Waals surface area (Å²) >= 11 is 0. The van der Waals surface area contributed by atoms with Crippen molar-refractivity contribution in [1.29, 1.82) is 0 Å². The predicted octanol–water partition coefficient (Wildman–Crippen LogP) is 4.74. The number of fused-ring (bicyclic) bond motifs is 1. The van der Waals surface area contributed by atoms with Crippen LogP contribution in [0.15, 0.2) is 36.4 Å². The Labute approximate surface area is 92.9 Å². The zero-order valence-electron chi connectivity index (χ0n) is 10.2. The zero-order chi connectivity index (χ0) is 11.3. The van der Waals surface area contributed by atoms with E-state index in [0.29, 0.717) is 0 Å². The standard InChI is InChI=1S/C13H14.C2H6/c1-3-11-5-7-12-8-10(2)4-6-13(12)9-11;1-2/h4-9H,3H2,1-2H3;1-2H3. The lowest BCUT2D eigenvalue weighted by atomic mass is 10.0. The van der Waals surface area contributed by atoms with Crippen LogP contribution in [0.25, 0.3) is 10.8 Å². The summed E-state index contributed by atoms with van der Waals surface area (Å²) in [5.74, 6) is 0. The van der Waals surface area contributed by atoms with Gasteiger partial charge in [0.05, 0.1) is 0 Å². The quantitative estimate of drug-likeness (QED) is 0.624. The van der Waals surface area contributed by atoms with Gasteiger partial charge in [0, 0.05) is 0 Å². The van der Waals surface area contributed by atoms with Crippen molar-refractivity contribution in [3.8, 4) is 0 Å². The molecule has 0 N–H and O–H groups in total. The fraction of sp³-hybridized carbons (Fsp3) is 0.333. The van der Waals surface area contributed by atoms with E-state index < -0.39 is 0 Å². The van der Waals surface area contributed by atoms with Gasteiger partial charge >= 0.3 is 0 Å². The maximum atomic E-state index is 2.27. The maximum Gasteiger partial charge on any atom is -0.0181 e. The molecular weight excluding hydrogens is 180 g/mol. The van der Waals surface area contributed by atoms with Crippen LogP contribution in [0.2, 0.25) is 0 Å². The van der Waals surface area contributed by atoms with Crippen molar-refractivity contribution < 1.29 is 0 Å². The Morgan fingerprint density at radius 2 is 1.47 bits per heavy atom. The summed E-state index contributed by atoms with van der Waals surface area (Å²) in [6, 6.07) is 13.3. The minimum Gasteiger partial charge on any atom is -0.0683 e. The van der Waals surface area contributed by atoms with Crippen LogP contribution in [0, 0.1) is 6.92 Å². The van der Waals surface area contributed by atoms with Crippen molar-refractivity contribution in [1.82, 2.24) is 0 Å². The second-order valence-corrected chi connectivity index (χ2v) is 3.54.